The molecule has 0 radical (unpaired) electrons. The average molecular weight is 284 g/mol. The molecular weight excluding hydrogens is 266 g/mol. The summed E-state index contributed by atoms with van der Waals surface area (Å²) in [7, 11) is 0. The van der Waals surface area contributed by atoms with Gasteiger partial charge in [-0.25, -0.2) is 0 Å². The molecule has 1 heterocycles. The second kappa shape index (κ2) is 5.27. The van der Waals surface area contributed by atoms with Crippen LogP contribution in [0.2, 0.25) is 5.02 Å². The van der Waals surface area contributed by atoms with Crippen LogP contribution in [0.3, 0.4) is 0 Å². The summed E-state index contributed by atoms with van der Waals surface area (Å²) >= 11 is 6.19. The lowest BCUT2D eigenvalue weighted by molar-refractivity contribution is 0.0987. The van der Waals surface area contributed by atoms with E-state index < -0.39 is 12.0 Å². The highest BCUT2D eigenvalue weighted by atomic mass is 35.5. The van der Waals surface area contributed by atoms with E-state index in [-0.39, 0.29) is 5.92 Å². The number of aliphatic hydroxyl groups excluding tert-OH is 1. The van der Waals surface area contributed by atoms with Gasteiger partial charge in [-0.05, 0) is 24.5 Å². The Labute approximate surface area is 117 Å². The zero-order chi connectivity index (χ0) is 14.2. The maximum Gasteiger partial charge on any atom is 0.250 e. The Morgan fingerprint density at radius 2 is 2.21 bits per heavy atom. The molecule has 104 valence electrons. The molecule has 1 aromatic rings. The summed E-state index contributed by atoms with van der Waals surface area (Å²) in [5.74, 6) is -0.335. The molecule has 1 amide bonds. The predicted octanol–water partition coefficient (Wildman–Crippen LogP) is 1.23. The molecule has 0 spiro atoms. The highest BCUT2D eigenvalue weighted by Gasteiger charge is 2.28. The van der Waals surface area contributed by atoms with E-state index in [1.54, 1.807) is 6.07 Å². The van der Waals surface area contributed by atoms with Gasteiger partial charge in [-0.2, -0.15) is 0 Å². The van der Waals surface area contributed by atoms with Crippen LogP contribution < -0.4 is 16.4 Å². The molecular formula is C13H18ClN3O2. The van der Waals surface area contributed by atoms with Gasteiger partial charge in [-0.3, -0.25) is 4.79 Å². The summed E-state index contributed by atoms with van der Waals surface area (Å²) in [6.07, 6.45) is 0.392. The minimum Gasteiger partial charge on any atom is -0.399 e. The van der Waals surface area contributed by atoms with Gasteiger partial charge in [0.25, 0.3) is 5.91 Å². The standard InChI is InChI=1S/C13H18ClN3O2/c1-7-2-3-17(6-11(7)18)12-9(13(16)19)4-8(15)5-10(12)14/h4-5,7,11,18H,2-3,6,15H2,1H3,(H2,16,19). The number of rotatable bonds is 2. The number of hydrogen-bond donors (Lipinski definition) is 3. The first-order valence-corrected chi connectivity index (χ1v) is 6.59. The van der Waals surface area contributed by atoms with E-state index in [0.29, 0.717) is 28.5 Å². The second-order valence-electron chi connectivity index (χ2n) is 5.04. The number of carbonyl (C=O) groups excluding carboxylic acids is 1. The Hall–Kier alpha value is -1.46. The van der Waals surface area contributed by atoms with Crippen LogP contribution in [-0.4, -0.2) is 30.2 Å². The highest BCUT2D eigenvalue weighted by molar-refractivity contribution is 6.34. The number of hydrogen-bond acceptors (Lipinski definition) is 4. The Kier molecular flexibility index (Phi) is 3.87. The van der Waals surface area contributed by atoms with Crippen LogP contribution in [0, 0.1) is 5.92 Å². The largest absolute Gasteiger partial charge is 0.399 e. The van der Waals surface area contributed by atoms with Gasteiger partial charge in [0, 0.05) is 18.8 Å². The van der Waals surface area contributed by atoms with Crippen LogP contribution >= 0.6 is 11.6 Å². The summed E-state index contributed by atoms with van der Waals surface area (Å²) in [5, 5.41) is 10.3. The molecule has 1 aromatic carbocycles. The normalized spacial score (nSPS) is 23.4. The lowest BCUT2D eigenvalue weighted by Gasteiger charge is -2.37. The molecule has 0 aromatic heterocycles. The number of halogens is 1. The molecule has 0 saturated carbocycles. The minimum absolute atomic E-state index is 0.237. The number of amides is 1. The first-order valence-electron chi connectivity index (χ1n) is 6.22. The summed E-state index contributed by atoms with van der Waals surface area (Å²) in [5.41, 5.74) is 12.3. The lowest BCUT2D eigenvalue weighted by atomic mass is 9.95. The van der Waals surface area contributed by atoms with Crippen LogP contribution in [0.5, 0.6) is 0 Å². The van der Waals surface area contributed by atoms with Crippen molar-refractivity contribution < 1.29 is 9.90 Å². The summed E-state index contributed by atoms with van der Waals surface area (Å²) in [6, 6.07) is 3.11. The third kappa shape index (κ3) is 2.77. The van der Waals surface area contributed by atoms with Gasteiger partial charge in [0.15, 0.2) is 0 Å². The summed E-state index contributed by atoms with van der Waals surface area (Å²) in [6.45, 7) is 3.16. The highest BCUT2D eigenvalue weighted by Crippen LogP contribution is 2.34. The van der Waals surface area contributed by atoms with E-state index in [9.17, 15) is 9.90 Å². The molecule has 0 aliphatic carbocycles. The van der Waals surface area contributed by atoms with Crippen molar-refractivity contribution in [1.82, 2.24) is 0 Å². The molecule has 2 rings (SSSR count). The van der Waals surface area contributed by atoms with E-state index in [1.165, 1.54) is 6.07 Å². The van der Waals surface area contributed by atoms with Crippen LogP contribution in [0.4, 0.5) is 11.4 Å². The van der Waals surface area contributed by atoms with E-state index in [0.717, 1.165) is 13.0 Å². The molecule has 19 heavy (non-hydrogen) atoms. The monoisotopic (exact) mass is 283 g/mol. The third-order valence-electron chi connectivity index (χ3n) is 3.59. The molecule has 5 N–H and O–H groups in total. The molecule has 1 fully saturated rings. The maximum absolute atomic E-state index is 11.5. The molecule has 1 aliphatic heterocycles. The van der Waals surface area contributed by atoms with Gasteiger partial charge >= 0.3 is 0 Å². The first-order chi connectivity index (χ1) is 8.90. The smallest absolute Gasteiger partial charge is 0.250 e. The van der Waals surface area contributed by atoms with Gasteiger partial charge in [0.1, 0.15) is 0 Å². The van der Waals surface area contributed by atoms with E-state index >= 15 is 0 Å². The number of primary amides is 1. The predicted molar refractivity (Wildman–Crippen MR) is 76.4 cm³/mol. The Morgan fingerprint density at radius 3 is 2.79 bits per heavy atom. The SMILES string of the molecule is CC1CCN(c2c(Cl)cc(N)cc2C(N)=O)CC1O. The second-order valence-corrected chi connectivity index (χ2v) is 5.45. The average Bonchev–Trinajstić information content (AvgIpc) is 2.32. The van der Waals surface area contributed by atoms with Crippen molar-refractivity contribution in [2.75, 3.05) is 23.7 Å². The van der Waals surface area contributed by atoms with Crippen LogP contribution in [0.1, 0.15) is 23.7 Å². The number of benzene rings is 1. The zero-order valence-electron chi connectivity index (χ0n) is 10.8. The Morgan fingerprint density at radius 1 is 1.53 bits per heavy atom. The first kappa shape index (κ1) is 14.0. The fourth-order valence-electron chi connectivity index (χ4n) is 2.38. The number of β-amino-alcohol motifs (C(OH)–C–C–N with tert-alkyl or cyclic N) is 1. The number of nitrogens with zero attached hydrogens (tertiary/aromatic N) is 1. The van der Waals surface area contributed by atoms with Crippen LogP contribution in [0.15, 0.2) is 12.1 Å². The molecule has 2 atom stereocenters. The number of anilines is 2. The van der Waals surface area contributed by atoms with Crippen molar-refractivity contribution in [3.63, 3.8) is 0 Å². The van der Waals surface area contributed by atoms with Crippen molar-refractivity contribution in [3.8, 4) is 0 Å². The fourth-order valence-corrected chi connectivity index (χ4v) is 2.73. The molecule has 1 aliphatic rings. The number of nitrogens with two attached hydrogens (primary N) is 2. The van der Waals surface area contributed by atoms with Crippen molar-refractivity contribution in [2.45, 2.75) is 19.4 Å². The van der Waals surface area contributed by atoms with Gasteiger partial charge in [0.05, 0.1) is 22.4 Å². The van der Waals surface area contributed by atoms with Crippen LogP contribution in [0.25, 0.3) is 0 Å². The lowest BCUT2D eigenvalue weighted by Crippen LogP contribution is -2.43. The Balaban J connectivity index is 2.41. The number of nitrogen functional groups attached to an aromatic ring is 1. The quantitative estimate of drug-likeness (QED) is 0.712. The minimum atomic E-state index is -0.572. The third-order valence-corrected chi connectivity index (χ3v) is 3.87. The van der Waals surface area contributed by atoms with E-state index in [2.05, 4.69) is 0 Å². The molecule has 6 heteroatoms. The van der Waals surface area contributed by atoms with Gasteiger partial charge in [0.2, 0.25) is 0 Å². The molecule has 2 unspecified atom stereocenters. The van der Waals surface area contributed by atoms with Gasteiger partial charge in [-0.1, -0.05) is 18.5 Å². The van der Waals surface area contributed by atoms with Crippen molar-refractivity contribution in [3.05, 3.63) is 22.7 Å². The van der Waals surface area contributed by atoms with E-state index in [1.807, 2.05) is 11.8 Å². The molecule has 1 saturated heterocycles. The number of carbonyl (C=O) groups is 1. The Bertz CT molecular complexity index is 507. The molecule has 0 bridgehead atoms. The van der Waals surface area contributed by atoms with Gasteiger partial charge in [-0.15, -0.1) is 0 Å². The topological polar surface area (TPSA) is 92.6 Å². The van der Waals surface area contributed by atoms with Crippen LogP contribution in [-0.2, 0) is 0 Å². The van der Waals surface area contributed by atoms with Crippen molar-refractivity contribution in [2.24, 2.45) is 11.7 Å². The fraction of sp³-hybridized carbons (Fsp3) is 0.462. The summed E-state index contributed by atoms with van der Waals surface area (Å²) < 4.78 is 0. The zero-order valence-corrected chi connectivity index (χ0v) is 11.5. The molecule has 5 nitrogen and oxygen atoms in total. The van der Waals surface area contributed by atoms with Crippen molar-refractivity contribution >= 4 is 28.9 Å². The maximum atomic E-state index is 11.5. The summed E-state index contributed by atoms with van der Waals surface area (Å²) in [4.78, 5) is 13.4. The van der Waals surface area contributed by atoms with Gasteiger partial charge < -0.3 is 21.5 Å². The number of piperidine rings is 1. The number of aliphatic hydroxyl groups is 1. The van der Waals surface area contributed by atoms with E-state index in [4.69, 9.17) is 23.1 Å². The van der Waals surface area contributed by atoms with Crippen molar-refractivity contribution in [1.29, 1.82) is 0 Å².